The van der Waals surface area contributed by atoms with Crippen LogP contribution in [0.2, 0.25) is 0 Å². The lowest BCUT2D eigenvalue weighted by Crippen LogP contribution is -2.31. The number of aliphatic hydroxyl groups excluding tert-OH is 1. The number of hydrogen-bond donors (Lipinski definition) is 3. The molecule has 0 fully saturated rings. The first-order chi connectivity index (χ1) is 7.20. The smallest absolute Gasteiger partial charge is 0.407 e. The molecule has 0 unspecified atom stereocenters. The Labute approximate surface area is 89.0 Å². The number of ether oxygens (including phenoxy) is 1. The Morgan fingerprint density at radius 2 is 2.00 bits per heavy atom. The lowest BCUT2D eigenvalue weighted by molar-refractivity contribution is -0.120. The van der Waals surface area contributed by atoms with E-state index in [9.17, 15) is 9.59 Å². The summed E-state index contributed by atoms with van der Waals surface area (Å²) in [4.78, 5) is 21.9. The monoisotopic (exact) mass is 218 g/mol. The van der Waals surface area contributed by atoms with Crippen LogP contribution in [0.5, 0.6) is 0 Å². The first kappa shape index (κ1) is 13.7. The average molecular weight is 218 g/mol. The predicted molar refractivity (Wildman–Crippen MR) is 54.4 cm³/mol. The van der Waals surface area contributed by atoms with E-state index in [0.717, 1.165) is 6.42 Å². The molecule has 0 heterocycles. The second kappa shape index (κ2) is 9.26. The molecule has 0 aromatic rings. The average Bonchev–Trinajstić information content (AvgIpc) is 2.23. The van der Waals surface area contributed by atoms with E-state index in [4.69, 9.17) is 5.11 Å². The van der Waals surface area contributed by atoms with Gasteiger partial charge in [0, 0.05) is 19.5 Å². The van der Waals surface area contributed by atoms with E-state index in [1.54, 1.807) is 0 Å². The largest absolute Gasteiger partial charge is 0.447 e. The summed E-state index contributed by atoms with van der Waals surface area (Å²) in [6.45, 7) is 2.61. The van der Waals surface area contributed by atoms with Gasteiger partial charge in [-0.05, 0) is 6.42 Å². The van der Waals surface area contributed by atoms with E-state index in [2.05, 4.69) is 15.4 Å². The summed E-state index contributed by atoms with van der Waals surface area (Å²) in [7, 11) is 0. The summed E-state index contributed by atoms with van der Waals surface area (Å²) in [6.07, 6.45) is 0.499. The maximum atomic E-state index is 11.1. The number of carbonyl (C=O) groups excluding carboxylic acids is 2. The highest BCUT2D eigenvalue weighted by molar-refractivity contribution is 5.76. The summed E-state index contributed by atoms with van der Waals surface area (Å²) in [5.41, 5.74) is 0. The highest BCUT2D eigenvalue weighted by Gasteiger charge is 2.03. The molecule has 0 spiro atoms. The highest BCUT2D eigenvalue weighted by atomic mass is 16.6. The molecule has 2 amide bonds. The van der Waals surface area contributed by atoms with E-state index in [1.165, 1.54) is 0 Å². The van der Waals surface area contributed by atoms with Crippen molar-refractivity contribution in [2.75, 3.05) is 26.3 Å². The zero-order chi connectivity index (χ0) is 11.5. The van der Waals surface area contributed by atoms with Gasteiger partial charge in [-0.1, -0.05) is 6.92 Å². The molecule has 0 aromatic heterocycles. The summed E-state index contributed by atoms with van der Waals surface area (Å²) < 4.78 is 4.52. The number of alkyl carbamates (subject to hydrolysis) is 1. The predicted octanol–water partition coefficient (Wildman–Crippen LogP) is -0.379. The van der Waals surface area contributed by atoms with E-state index >= 15 is 0 Å². The van der Waals surface area contributed by atoms with Crippen LogP contribution < -0.4 is 10.6 Å². The SMILES string of the molecule is CCCNC(=O)CCNC(=O)OCCO. The Kier molecular flexibility index (Phi) is 8.46. The second-order valence-electron chi connectivity index (χ2n) is 2.89. The first-order valence-electron chi connectivity index (χ1n) is 4.99. The maximum Gasteiger partial charge on any atom is 0.407 e. The minimum absolute atomic E-state index is 0.0339. The van der Waals surface area contributed by atoms with E-state index in [0.29, 0.717) is 6.54 Å². The number of nitrogens with one attached hydrogen (secondary N) is 2. The van der Waals surface area contributed by atoms with E-state index < -0.39 is 6.09 Å². The fraction of sp³-hybridized carbons (Fsp3) is 0.778. The first-order valence-corrected chi connectivity index (χ1v) is 4.99. The zero-order valence-electron chi connectivity index (χ0n) is 8.91. The fourth-order valence-electron chi connectivity index (χ4n) is 0.820. The number of rotatable bonds is 7. The number of aliphatic hydroxyl groups is 1. The van der Waals surface area contributed by atoms with Gasteiger partial charge in [0.1, 0.15) is 6.61 Å². The van der Waals surface area contributed by atoms with Gasteiger partial charge < -0.3 is 20.5 Å². The van der Waals surface area contributed by atoms with Crippen LogP contribution in [0.25, 0.3) is 0 Å². The molecule has 0 atom stereocenters. The summed E-state index contributed by atoms with van der Waals surface area (Å²) >= 11 is 0. The van der Waals surface area contributed by atoms with Crippen LogP contribution in [-0.4, -0.2) is 43.4 Å². The number of carbonyl (C=O) groups is 2. The number of amides is 2. The van der Waals surface area contributed by atoms with Gasteiger partial charge in [-0.3, -0.25) is 4.79 Å². The molecule has 0 aliphatic rings. The molecule has 3 N–H and O–H groups in total. The third-order valence-corrected chi connectivity index (χ3v) is 1.52. The van der Waals surface area contributed by atoms with Crippen molar-refractivity contribution in [1.82, 2.24) is 10.6 Å². The summed E-state index contributed by atoms with van der Waals surface area (Å²) in [5, 5.41) is 13.4. The summed E-state index contributed by atoms with van der Waals surface area (Å²) in [6, 6.07) is 0. The molecule has 0 aromatic carbocycles. The molecule has 15 heavy (non-hydrogen) atoms. The molecule has 0 rings (SSSR count). The van der Waals surface area contributed by atoms with Crippen molar-refractivity contribution in [3.63, 3.8) is 0 Å². The molecule has 0 bridgehead atoms. The molecule has 88 valence electrons. The van der Waals surface area contributed by atoms with Gasteiger partial charge in [0.25, 0.3) is 0 Å². The van der Waals surface area contributed by atoms with Gasteiger partial charge in [0.2, 0.25) is 5.91 Å². The summed E-state index contributed by atoms with van der Waals surface area (Å²) in [5.74, 6) is -0.0979. The third kappa shape index (κ3) is 9.01. The van der Waals surface area contributed by atoms with Gasteiger partial charge in [-0.15, -0.1) is 0 Å². The Morgan fingerprint density at radius 1 is 1.27 bits per heavy atom. The molecule has 0 saturated heterocycles. The second-order valence-corrected chi connectivity index (χ2v) is 2.89. The molecular formula is C9H18N2O4. The van der Waals surface area contributed by atoms with Gasteiger partial charge >= 0.3 is 6.09 Å². The van der Waals surface area contributed by atoms with Crippen LogP contribution in [0, 0.1) is 0 Å². The van der Waals surface area contributed by atoms with Crippen LogP contribution in [0.1, 0.15) is 19.8 Å². The van der Waals surface area contributed by atoms with E-state index in [-0.39, 0.29) is 32.1 Å². The van der Waals surface area contributed by atoms with Crippen molar-refractivity contribution in [2.45, 2.75) is 19.8 Å². The normalized spacial score (nSPS) is 9.47. The Morgan fingerprint density at radius 3 is 2.60 bits per heavy atom. The zero-order valence-corrected chi connectivity index (χ0v) is 8.91. The molecule has 6 nitrogen and oxygen atoms in total. The molecule has 0 aliphatic heterocycles. The number of hydrogen-bond acceptors (Lipinski definition) is 4. The van der Waals surface area contributed by atoms with Crippen LogP contribution in [0.3, 0.4) is 0 Å². The van der Waals surface area contributed by atoms with Gasteiger partial charge in [-0.25, -0.2) is 4.79 Å². The topological polar surface area (TPSA) is 87.7 Å². The van der Waals surface area contributed by atoms with Gasteiger partial charge in [0.15, 0.2) is 0 Å². The highest BCUT2D eigenvalue weighted by Crippen LogP contribution is 1.81. The fourth-order valence-corrected chi connectivity index (χ4v) is 0.820. The minimum Gasteiger partial charge on any atom is -0.447 e. The van der Waals surface area contributed by atoms with Crippen molar-refractivity contribution in [1.29, 1.82) is 0 Å². The van der Waals surface area contributed by atoms with Crippen LogP contribution in [-0.2, 0) is 9.53 Å². The minimum atomic E-state index is -0.618. The standard InChI is InChI=1S/C9H18N2O4/c1-2-4-10-8(13)3-5-11-9(14)15-7-6-12/h12H,2-7H2,1H3,(H,10,13)(H,11,14). The Hall–Kier alpha value is -1.30. The molecular weight excluding hydrogens is 200 g/mol. The molecule has 0 saturated carbocycles. The van der Waals surface area contributed by atoms with Crippen molar-refractivity contribution < 1.29 is 19.4 Å². The van der Waals surface area contributed by atoms with Gasteiger partial charge in [-0.2, -0.15) is 0 Å². The maximum absolute atomic E-state index is 11.1. The van der Waals surface area contributed by atoms with Crippen LogP contribution in [0.15, 0.2) is 0 Å². The molecule has 0 aliphatic carbocycles. The van der Waals surface area contributed by atoms with E-state index in [1.807, 2.05) is 6.92 Å². The molecule has 0 radical (unpaired) electrons. The van der Waals surface area contributed by atoms with Gasteiger partial charge in [0.05, 0.1) is 6.61 Å². The van der Waals surface area contributed by atoms with Crippen molar-refractivity contribution in [2.24, 2.45) is 0 Å². The third-order valence-electron chi connectivity index (χ3n) is 1.52. The lowest BCUT2D eigenvalue weighted by Gasteiger charge is -2.05. The van der Waals surface area contributed by atoms with Crippen LogP contribution in [0.4, 0.5) is 4.79 Å². The Bertz CT molecular complexity index is 177. The van der Waals surface area contributed by atoms with Crippen molar-refractivity contribution in [3.8, 4) is 0 Å². The molecule has 6 heteroatoms. The van der Waals surface area contributed by atoms with Crippen LogP contribution >= 0.6 is 0 Å². The van der Waals surface area contributed by atoms with Crippen molar-refractivity contribution in [3.05, 3.63) is 0 Å². The van der Waals surface area contributed by atoms with Crippen molar-refractivity contribution >= 4 is 12.0 Å². The quantitative estimate of drug-likeness (QED) is 0.543. The lowest BCUT2D eigenvalue weighted by atomic mass is 10.4. The Balaban J connectivity index is 3.36.